The fourth-order valence-corrected chi connectivity index (χ4v) is 3.77. The van der Waals surface area contributed by atoms with E-state index in [-0.39, 0.29) is 28.9 Å². The molecule has 27 heavy (non-hydrogen) atoms. The Balaban J connectivity index is 1.65. The Morgan fingerprint density at radius 1 is 1.26 bits per heavy atom. The van der Waals surface area contributed by atoms with Gasteiger partial charge in [0.2, 0.25) is 0 Å². The zero-order valence-corrected chi connectivity index (χ0v) is 17.4. The minimum absolute atomic E-state index is 0.0144. The Morgan fingerprint density at radius 3 is 2.44 bits per heavy atom. The van der Waals surface area contributed by atoms with E-state index < -0.39 is 0 Å². The number of amides is 2. The van der Waals surface area contributed by atoms with Crippen LogP contribution in [-0.2, 0) is 17.2 Å². The topological polar surface area (TPSA) is 67.7 Å². The van der Waals surface area contributed by atoms with Crippen molar-refractivity contribution in [3.63, 3.8) is 0 Å². The second-order valence-corrected chi connectivity index (χ2v) is 9.66. The molecule has 3 rings (SSSR count). The van der Waals surface area contributed by atoms with Gasteiger partial charge in [0.25, 0.3) is 5.91 Å². The van der Waals surface area contributed by atoms with E-state index in [1.807, 2.05) is 22.9 Å². The van der Waals surface area contributed by atoms with Crippen molar-refractivity contribution < 1.29 is 14.3 Å². The molecule has 0 radical (unpaired) electrons. The molecule has 2 aliphatic rings. The number of carbonyl (C=O) groups is 2. The maximum Gasteiger partial charge on any atom is 0.410 e. The van der Waals surface area contributed by atoms with E-state index in [2.05, 4.69) is 39.7 Å². The van der Waals surface area contributed by atoms with E-state index >= 15 is 0 Å². The molecule has 0 saturated carbocycles. The third-order valence-electron chi connectivity index (χ3n) is 5.48. The first-order valence-electron chi connectivity index (χ1n) is 9.75. The molecule has 7 heteroatoms. The molecule has 1 aromatic heterocycles. The molecule has 2 amide bonds. The van der Waals surface area contributed by atoms with Crippen LogP contribution >= 0.6 is 0 Å². The highest BCUT2D eigenvalue weighted by molar-refractivity contribution is 5.92. The van der Waals surface area contributed by atoms with Crippen molar-refractivity contribution in [2.45, 2.75) is 58.9 Å². The van der Waals surface area contributed by atoms with E-state index in [0.717, 1.165) is 18.5 Å². The summed E-state index contributed by atoms with van der Waals surface area (Å²) in [6.45, 7) is 13.0. The van der Waals surface area contributed by atoms with Crippen LogP contribution in [0.25, 0.3) is 0 Å². The van der Waals surface area contributed by atoms with Gasteiger partial charge in [0, 0.05) is 43.6 Å². The van der Waals surface area contributed by atoms with Gasteiger partial charge in [0.15, 0.2) is 0 Å². The molecule has 0 aliphatic carbocycles. The summed E-state index contributed by atoms with van der Waals surface area (Å²) in [5, 5.41) is 4.51. The summed E-state index contributed by atoms with van der Waals surface area (Å²) in [4.78, 5) is 28.9. The first kappa shape index (κ1) is 19.7. The van der Waals surface area contributed by atoms with Crippen molar-refractivity contribution in [1.29, 1.82) is 0 Å². The maximum atomic E-state index is 13.0. The molecule has 0 N–H and O–H groups in total. The van der Waals surface area contributed by atoms with Gasteiger partial charge in [0.1, 0.15) is 5.69 Å². The zero-order chi connectivity index (χ0) is 20.0. The van der Waals surface area contributed by atoms with Gasteiger partial charge in [-0.3, -0.25) is 9.48 Å². The zero-order valence-electron chi connectivity index (χ0n) is 17.4. The molecule has 2 aliphatic heterocycles. The van der Waals surface area contributed by atoms with Crippen LogP contribution in [0, 0.1) is 5.41 Å². The standard InChI is InChI=1S/C20H32N4O3/c1-19(2,3)16-11-15(22(6)21-16)17(25)23-9-7-14(8-10-23)24-12-20(4,5)13-27-18(24)26/h11,14H,7-10,12-13H2,1-6H3. The Morgan fingerprint density at radius 2 is 1.89 bits per heavy atom. The van der Waals surface area contributed by atoms with Crippen LogP contribution in [0.5, 0.6) is 0 Å². The number of aromatic nitrogens is 2. The number of ether oxygens (including phenoxy) is 1. The van der Waals surface area contributed by atoms with Crippen LogP contribution in [0.2, 0.25) is 0 Å². The van der Waals surface area contributed by atoms with Crippen molar-refractivity contribution >= 4 is 12.0 Å². The third-order valence-corrected chi connectivity index (χ3v) is 5.48. The first-order valence-corrected chi connectivity index (χ1v) is 9.75. The van der Waals surface area contributed by atoms with Crippen LogP contribution in [-0.4, -0.2) is 63.9 Å². The number of nitrogens with zero attached hydrogens (tertiary/aromatic N) is 4. The van der Waals surface area contributed by atoms with Crippen molar-refractivity contribution in [3.8, 4) is 0 Å². The lowest BCUT2D eigenvalue weighted by atomic mass is 9.91. The Hall–Kier alpha value is -2.05. The van der Waals surface area contributed by atoms with E-state index in [9.17, 15) is 9.59 Å². The van der Waals surface area contributed by atoms with E-state index in [1.54, 1.807) is 4.68 Å². The van der Waals surface area contributed by atoms with Gasteiger partial charge >= 0.3 is 6.09 Å². The number of piperidine rings is 1. The van der Waals surface area contributed by atoms with Crippen molar-refractivity contribution in [1.82, 2.24) is 19.6 Å². The summed E-state index contributed by atoms with van der Waals surface area (Å²) in [5.74, 6) is 0.0144. The van der Waals surface area contributed by atoms with Gasteiger partial charge in [-0.05, 0) is 18.9 Å². The predicted molar refractivity (Wildman–Crippen MR) is 103 cm³/mol. The van der Waals surface area contributed by atoms with Crippen molar-refractivity contribution in [2.24, 2.45) is 12.5 Å². The maximum absolute atomic E-state index is 13.0. The molecular formula is C20H32N4O3. The van der Waals surface area contributed by atoms with Gasteiger partial charge in [-0.15, -0.1) is 0 Å². The summed E-state index contributed by atoms with van der Waals surface area (Å²) in [7, 11) is 1.82. The summed E-state index contributed by atoms with van der Waals surface area (Å²) in [5.41, 5.74) is 1.42. The third kappa shape index (κ3) is 4.12. The van der Waals surface area contributed by atoms with Gasteiger partial charge < -0.3 is 14.5 Å². The largest absolute Gasteiger partial charge is 0.449 e. The number of likely N-dealkylation sites (tertiary alicyclic amines) is 1. The smallest absolute Gasteiger partial charge is 0.410 e. The highest BCUT2D eigenvalue weighted by atomic mass is 16.6. The Kier molecular flexibility index (Phi) is 4.99. The Labute approximate surface area is 161 Å². The fourth-order valence-electron chi connectivity index (χ4n) is 3.77. The van der Waals surface area contributed by atoms with E-state index in [0.29, 0.717) is 31.9 Å². The normalized spacial score (nSPS) is 21.3. The summed E-state index contributed by atoms with van der Waals surface area (Å²) < 4.78 is 7.03. The van der Waals surface area contributed by atoms with Gasteiger partial charge in [-0.1, -0.05) is 34.6 Å². The summed E-state index contributed by atoms with van der Waals surface area (Å²) in [6, 6.07) is 2.04. The number of cyclic esters (lactones) is 1. The molecule has 1 aromatic rings. The van der Waals surface area contributed by atoms with E-state index in [1.165, 1.54) is 0 Å². The van der Waals surface area contributed by atoms with Gasteiger partial charge in [-0.2, -0.15) is 5.10 Å². The molecular weight excluding hydrogens is 344 g/mol. The van der Waals surface area contributed by atoms with Crippen LogP contribution in [0.15, 0.2) is 6.07 Å². The Bertz CT molecular complexity index is 724. The summed E-state index contributed by atoms with van der Waals surface area (Å²) >= 11 is 0. The van der Waals surface area contributed by atoms with Gasteiger partial charge in [0.05, 0.1) is 12.3 Å². The molecule has 7 nitrogen and oxygen atoms in total. The second-order valence-electron chi connectivity index (χ2n) is 9.66. The van der Waals surface area contributed by atoms with Crippen LogP contribution in [0.4, 0.5) is 4.79 Å². The number of rotatable bonds is 2. The predicted octanol–water partition coefficient (Wildman–Crippen LogP) is 2.80. The molecule has 0 aromatic carbocycles. The highest BCUT2D eigenvalue weighted by Gasteiger charge is 2.38. The molecule has 0 spiro atoms. The average Bonchev–Trinajstić information content (AvgIpc) is 2.99. The van der Waals surface area contributed by atoms with Gasteiger partial charge in [-0.25, -0.2) is 4.79 Å². The quantitative estimate of drug-likeness (QED) is 0.796. The molecule has 0 unspecified atom stereocenters. The second kappa shape index (κ2) is 6.84. The minimum Gasteiger partial charge on any atom is -0.449 e. The van der Waals surface area contributed by atoms with Crippen molar-refractivity contribution in [2.75, 3.05) is 26.2 Å². The van der Waals surface area contributed by atoms with Crippen LogP contribution < -0.4 is 0 Å². The fraction of sp³-hybridized carbons (Fsp3) is 0.750. The summed E-state index contributed by atoms with van der Waals surface area (Å²) in [6.07, 6.45) is 1.34. The molecule has 2 fully saturated rings. The van der Waals surface area contributed by atoms with E-state index in [4.69, 9.17) is 4.74 Å². The number of carbonyl (C=O) groups excluding carboxylic acids is 2. The molecule has 0 atom stereocenters. The van der Waals surface area contributed by atoms with Crippen molar-refractivity contribution in [3.05, 3.63) is 17.5 Å². The molecule has 3 heterocycles. The molecule has 150 valence electrons. The first-order chi connectivity index (χ1) is 12.5. The lowest BCUT2D eigenvalue weighted by Crippen LogP contribution is -2.55. The highest BCUT2D eigenvalue weighted by Crippen LogP contribution is 2.29. The molecule has 2 saturated heterocycles. The lowest BCUT2D eigenvalue weighted by molar-refractivity contribution is -0.0154. The lowest BCUT2D eigenvalue weighted by Gasteiger charge is -2.44. The minimum atomic E-state index is -0.222. The number of hydrogen-bond acceptors (Lipinski definition) is 4. The number of aryl methyl sites for hydroxylation is 1. The average molecular weight is 377 g/mol. The monoisotopic (exact) mass is 376 g/mol. The van der Waals surface area contributed by atoms with Crippen LogP contribution in [0.3, 0.4) is 0 Å². The SMILES string of the molecule is Cn1nc(C(C)(C)C)cc1C(=O)N1CCC(N2CC(C)(C)COC2=O)CC1. The van der Waals surface area contributed by atoms with Crippen LogP contribution in [0.1, 0.15) is 63.6 Å². The number of hydrogen-bond donors (Lipinski definition) is 0. The molecule has 0 bridgehead atoms.